The molecule has 0 aliphatic heterocycles. The third kappa shape index (κ3) is 7.18. The fourth-order valence-electron chi connectivity index (χ4n) is 4.39. The monoisotopic (exact) mass is 595 g/mol. The number of hydrogen-bond acceptors (Lipinski definition) is 7. The van der Waals surface area contributed by atoms with Crippen LogP contribution >= 0.6 is 11.6 Å². The fraction of sp³-hybridized carbons (Fsp3) is 0.125. The van der Waals surface area contributed by atoms with Crippen LogP contribution < -0.4 is 20.7 Å². The molecule has 0 atom stereocenters. The quantitative estimate of drug-likeness (QED) is 0.166. The molecule has 0 aliphatic rings. The molecule has 218 valence electrons. The number of carbonyl (C=O) groups excluding carboxylic acids is 2. The van der Waals surface area contributed by atoms with Gasteiger partial charge in [0.15, 0.2) is 0 Å². The van der Waals surface area contributed by atoms with E-state index in [-0.39, 0.29) is 16.5 Å². The van der Waals surface area contributed by atoms with Crippen molar-refractivity contribution in [2.45, 2.75) is 0 Å². The Balaban J connectivity index is 1.29. The van der Waals surface area contributed by atoms with Gasteiger partial charge in [-0.2, -0.15) is 4.98 Å². The lowest BCUT2D eigenvalue weighted by Crippen LogP contribution is -2.15. The minimum Gasteiger partial charge on any atom is -0.496 e. The van der Waals surface area contributed by atoms with Crippen LogP contribution in [0.4, 0.5) is 23.0 Å². The molecule has 5 aromatic rings. The normalized spacial score (nSPS) is 11.2. The van der Waals surface area contributed by atoms with E-state index in [0.717, 1.165) is 16.7 Å². The second-order valence-electron chi connectivity index (χ2n) is 9.83. The van der Waals surface area contributed by atoms with Gasteiger partial charge in [-0.05, 0) is 74.8 Å². The summed E-state index contributed by atoms with van der Waals surface area (Å²) >= 11 is 6.33. The first-order chi connectivity index (χ1) is 20.8. The Morgan fingerprint density at radius 1 is 0.977 bits per heavy atom. The minimum absolute atomic E-state index is 0.224. The largest absolute Gasteiger partial charge is 0.496 e. The molecule has 10 nitrogen and oxygen atoms in total. The lowest BCUT2D eigenvalue weighted by atomic mass is 10.1. The summed E-state index contributed by atoms with van der Waals surface area (Å²) in [5.74, 6) is 1.13. The van der Waals surface area contributed by atoms with Crippen LogP contribution in [0, 0.1) is 0 Å². The Bertz CT molecular complexity index is 1820. The zero-order valence-corrected chi connectivity index (χ0v) is 24.6. The van der Waals surface area contributed by atoms with Crippen molar-refractivity contribution >= 4 is 57.3 Å². The fourth-order valence-corrected chi connectivity index (χ4v) is 4.60. The Morgan fingerprint density at radius 2 is 1.77 bits per heavy atom. The van der Waals surface area contributed by atoms with Crippen LogP contribution in [0.1, 0.15) is 10.4 Å². The number of hydrogen-bond donors (Lipinski definition) is 3. The highest BCUT2D eigenvalue weighted by molar-refractivity contribution is 6.34. The second-order valence-corrected chi connectivity index (χ2v) is 10.2. The van der Waals surface area contributed by atoms with E-state index in [1.54, 1.807) is 49.7 Å². The molecule has 43 heavy (non-hydrogen) atoms. The van der Waals surface area contributed by atoms with Crippen molar-refractivity contribution in [3.8, 4) is 11.6 Å². The van der Waals surface area contributed by atoms with Crippen LogP contribution in [0.25, 0.3) is 16.7 Å². The number of methoxy groups -OCH3 is 1. The van der Waals surface area contributed by atoms with Crippen LogP contribution in [0.2, 0.25) is 5.02 Å². The third-order valence-electron chi connectivity index (χ3n) is 6.40. The van der Waals surface area contributed by atoms with E-state index in [4.69, 9.17) is 16.3 Å². The molecule has 3 aromatic carbocycles. The van der Waals surface area contributed by atoms with Gasteiger partial charge in [-0.1, -0.05) is 29.8 Å². The lowest BCUT2D eigenvalue weighted by Gasteiger charge is -2.12. The summed E-state index contributed by atoms with van der Waals surface area (Å²) in [7, 11) is 5.47. The Labute approximate surface area is 254 Å². The summed E-state index contributed by atoms with van der Waals surface area (Å²) in [6.07, 6.45) is 6.81. The standard InChI is InChI=1S/C32H30ClN7O3/c1-39(2)17-6-11-30(41)35-23-12-13-26(33)25(20-23)31(42)36-21-7-4-8-22(19-21)37-32-34-16-14-29(38-32)40-18-15-24-27(40)9-5-10-28(24)43-3/h4-16,18-20H,17H2,1-3H3,(H,35,41)(H,36,42)(H,34,37,38). The van der Waals surface area contributed by atoms with Gasteiger partial charge in [0.1, 0.15) is 11.6 Å². The van der Waals surface area contributed by atoms with Gasteiger partial charge in [0.2, 0.25) is 11.9 Å². The molecule has 5 rings (SSSR count). The molecule has 0 spiro atoms. The van der Waals surface area contributed by atoms with E-state index in [9.17, 15) is 9.59 Å². The summed E-state index contributed by atoms with van der Waals surface area (Å²) in [5.41, 5.74) is 2.84. The van der Waals surface area contributed by atoms with Crippen molar-refractivity contribution in [2.24, 2.45) is 0 Å². The summed E-state index contributed by atoms with van der Waals surface area (Å²) in [6.45, 7) is 0.632. The van der Waals surface area contributed by atoms with Gasteiger partial charge in [0.05, 0.1) is 23.2 Å². The van der Waals surface area contributed by atoms with Crippen molar-refractivity contribution in [1.82, 2.24) is 19.4 Å². The van der Waals surface area contributed by atoms with Crippen LogP contribution in [0.15, 0.2) is 97.3 Å². The average Bonchev–Trinajstić information content (AvgIpc) is 3.43. The van der Waals surface area contributed by atoms with Gasteiger partial charge in [-0.15, -0.1) is 0 Å². The molecular weight excluding hydrogens is 566 g/mol. The number of carbonyl (C=O) groups is 2. The van der Waals surface area contributed by atoms with Crippen molar-refractivity contribution in [1.29, 1.82) is 0 Å². The topological polar surface area (TPSA) is 113 Å². The number of anilines is 4. The van der Waals surface area contributed by atoms with E-state index in [0.29, 0.717) is 35.4 Å². The second kappa shape index (κ2) is 13.2. The molecule has 2 aromatic heterocycles. The predicted octanol–water partition coefficient (Wildman–Crippen LogP) is 6.13. The van der Waals surface area contributed by atoms with E-state index in [2.05, 4.69) is 25.9 Å². The molecule has 0 saturated carbocycles. The number of aromatic nitrogens is 3. The predicted molar refractivity (Wildman–Crippen MR) is 171 cm³/mol. The highest BCUT2D eigenvalue weighted by Crippen LogP contribution is 2.28. The van der Waals surface area contributed by atoms with E-state index in [1.165, 1.54) is 12.1 Å². The van der Waals surface area contributed by atoms with E-state index < -0.39 is 5.91 Å². The number of rotatable bonds is 10. The van der Waals surface area contributed by atoms with Gasteiger partial charge in [0.25, 0.3) is 5.91 Å². The first-order valence-corrected chi connectivity index (χ1v) is 13.8. The summed E-state index contributed by atoms with van der Waals surface area (Å²) in [6, 6.07) is 21.6. The molecule has 0 bridgehead atoms. The molecule has 0 radical (unpaired) electrons. The van der Waals surface area contributed by atoms with Crippen molar-refractivity contribution in [3.05, 3.63) is 108 Å². The molecule has 2 heterocycles. The van der Waals surface area contributed by atoms with Gasteiger partial charge >= 0.3 is 0 Å². The maximum Gasteiger partial charge on any atom is 0.257 e. The highest BCUT2D eigenvalue weighted by atomic mass is 35.5. The number of ether oxygens (including phenoxy) is 1. The maximum atomic E-state index is 13.1. The number of nitrogens with one attached hydrogen (secondary N) is 3. The number of halogens is 1. The van der Waals surface area contributed by atoms with Gasteiger partial charge < -0.3 is 30.2 Å². The van der Waals surface area contributed by atoms with Gasteiger partial charge in [-0.3, -0.25) is 9.59 Å². The number of fused-ring (bicyclic) bond motifs is 1. The molecule has 3 N–H and O–H groups in total. The van der Waals surface area contributed by atoms with Crippen molar-refractivity contribution in [2.75, 3.05) is 43.7 Å². The number of amides is 2. The van der Waals surface area contributed by atoms with Gasteiger partial charge in [-0.25, -0.2) is 4.98 Å². The van der Waals surface area contributed by atoms with Crippen LogP contribution in [-0.2, 0) is 4.79 Å². The molecular formula is C32H30ClN7O3. The summed E-state index contributed by atoms with van der Waals surface area (Å²) in [5, 5.41) is 10.1. The molecule has 0 unspecified atom stereocenters. The minimum atomic E-state index is -0.422. The first kappa shape index (κ1) is 29.3. The first-order valence-electron chi connectivity index (χ1n) is 13.4. The highest BCUT2D eigenvalue weighted by Gasteiger charge is 2.14. The number of benzene rings is 3. The SMILES string of the molecule is COc1cccc2c1ccn2-c1ccnc(Nc2cccc(NC(=O)c3cc(NC(=O)C=CCN(C)C)ccc3Cl)c2)n1. The summed E-state index contributed by atoms with van der Waals surface area (Å²) < 4.78 is 7.44. The van der Waals surface area contributed by atoms with Crippen LogP contribution in [0.5, 0.6) is 5.75 Å². The Hall–Kier alpha value is -5.19. The number of likely N-dealkylation sites (N-methyl/N-ethyl adjacent to an activating group) is 1. The van der Waals surface area contributed by atoms with Gasteiger partial charge in [0, 0.05) is 47.5 Å². The van der Waals surface area contributed by atoms with E-state index in [1.807, 2.05) is 66.2 Å². The maximum absolute atomic E-state index is 13.1. The molecule has 0 saturated heterocycles. The van der Waals surface area contributed by atoms with Crippen LogP contribution in [0.3, 0.4) is 0 Å². The van der Waals surface area contributed by atoms with Crippen molar-refractivity contribution < 1.29 is 14.3 Å². The third-order valence-corrected chi connectivity index (χ3v) is 6.73. The Morgan fingerprint density at radius 3 is 2.58 bits per heavy atom. The van der Waals surface area contributed by atoms with Crippen molar-refractivity contribution in [3.63, 3.8) is 0 Å². The smallest absolute Gasteiger partial charge is 0.257 e. The van der Waals surface area contributed by atoms with E-state index >= 15 is 0 Å². The average molecular weight is 596 g/mol. The number of nitrogens with zero attached hydrogens (tertiary/aromatic N) is 4. The molecule has 2 amide bonds. The summed E-state index contributed by atoms with van der Waals surface area (Å²) in [4.78, 5) is 36.3. The lowest BCUT2D eigenvalue weighted by molar-refractivity contribution is -0.111. The zero-order valence-electron chi connectivity index (χ0n) is 23.8. The molecule has 11 heteroatoms. The zero-order chi connectivity index (χ0) is 30.3. The van der Waals surface area contributed by atoms with Crippen LogP contribution in [-0.4, -0.2) is 59.0 Å². The molecule has 0 fully saturated rings. The Kier molecular flexibility index (Phi) is 8.99. The molecule has 0 aliphatic carbocycles.